The fourth-order valence-electron chi connectivity index (χ4n) is 20.6. The third-order valence-corrected chi connectivity index (χ3v) is 26.1. The molecule has 6 nitrogen and oxygen atoms in total. The maximum atomic E-state index is 2.48. The van der Waals surface area contributed by atoms with E-state index in [2.05, 4.69) is 501 Å². The molecule has 0 saturated heterocycles. The van der Waals surface area contributed by atoms with Crippen molar-refractivity contribution < 1.29 is 0 Å². The normalized spacial score (nSPS) is 11.8. The van der Waals surface area contributed by atoms with Crippen LogP contribution in [-0.4, -0.2) is 27.4 Å². The van der Waals surface area contributed by atoms with E-state index in [0.29, 0.717) is 0 Å². The number of fused-ring (bicyclic) bond motifs is 18. The molecule has 0 bridgehead atoms. The van der Waals surface area contributed by atoms with Crippen molar-refractivity contribution in [3.8, 4) is 101 Å². The molecule has 6 heterocycles. The van der Waals surface area contributed by atoms with Crippen molar-refractivity contribution in [1.82, 2.24) is 27.4 Å². The summed E-state index contributed by atoms with van der Waals surface area (Å²) < 4.78 is 14.6. The van der Waals surface area contributed by atoms with Crippen molar-refractivity contribution in [2.75, 3.05) is 0 Å². The molecule has 6 aromatic heterocycles. The minimum Gasteiger partial charge on any atom is -0.309 e. The summed E-state index contributed by atoms with van der Waals surface area (Å²) in [6.07, 6.45) is 0. The Kier molecular flexibility index (Phi) is 16.9. The van der Waals surface area contributed by atoms with Gasteiger partial charge in [0.25, 0.3) is 0 Å². The monoisotopic (exact) mass is 1600 g/mol. The van der Waals surface area contributed by atoms with E-state index >= 15 is 0 Å². The van der Waals surface area contributed by atoms with Crippen LogP contribution in [0.2, 0.25) is 0 Å². The van der Waals surface area contributed by atoms with Crippen molar-refractivity contribution in [2.45, 2.75) is 0 Å². The van der Waals surface area contributed by atoms with Crippen LogP contribution in [0.4, 0.5) is 0 Å². The summed E-state index contributed by atoms with van der Waals surface area (Å²) in [6, 6.07) is 173. The predicted molar refractivity (Wildman–Crippen MR) is 532 cm³/mol. The SMILES string of the molecule is c1ccc(-c2ccc(-c3ccc4c(c3)c3cc(-n5c6ccccc6c6c(-c7cccc8c7c7ccccc7n8-c7ccc(-c8ccccc8)cc7)cccc65)ccc3n4-c3ccccc3)cc2)cc1.c1ccc(-c2ccc3c(c2)c2cc(-n4c5ccccc5c5c(-c6cccc7c6c6ccccc6n7-c6ccccc6)cccc54)ccc2n3-c2ccccc2)cc1. The van der Waals surface area contributed by atoms with E-state index in [1.54, 1.807) is 0 Å². The summed E-state index contributed by atoms with van der Waals surface area (Å²) in [5, 5.41) is 14.9. The minimum atomic E-state index is 1.13. The smallest absolute Gasteiger partial charge is 0.0547 e. The van der Waals surface area contributed by atoms with Gasteiger partial charge in [0.2, 0.25) is 0 Å². The molecule has 0 fully saturated rings. The van der Waals surface area contributed by atoms with Crippen LogP contribution in [0.5, 0.6) is 0 Å². The highest BCUT2D eigenvalue weighted by molar-refractivity contribution is 6.25. The molecule has 20 aromatic carbocycles. The van der Waals surface area contributed by atoms with Gasteiger partial charge in [0.05, 0.1) is 66.2 Å². The summed E-state index contributed by atoms with van der Waals surface area (Å²) in [7, 11) is 0. The van der Waals surface area contributed by atoms with Gasteiger partial charge < -0.3 is 27.4 Å². The highest BCUT2D eigenvalue weighted by atomic mass is 15.0. The van der Waals surface area contributed by atoms with E-state index < -0.39 is 0 Å². The fraction of sp³-hybridized carbons (Fsp3) is 0. The van der Waals surface area contributed by atoms with Gasteiger partial charge in [-0.15, -0.1) is 0 Å². The van der Waals surface area contributed by atoms with Crippen molar-refractivity contribution >= 4 is 131 Å². The first-order valence-electron chi connectivity index (χ1n) is 43.4. The molecule has 26 rings (SSSR count). The zero-order valence-corrected chi connectivity index (χ0v) is 68.7. The first-order chi connectivity index (χ1) is 62.6. The average molecular weight is 1600 g/mol. The highest BCUT2D eigenvalue weighted by Crippen LogP contribution is 2.49. The number of nitrogens with zero attached hydrogens (tertiary/aromatic N) is 6. The van der Waals surface area contributed by atoms with E-state index in [4.69, 9.17) is 0 Å². The molecule has 0 atom stereocenters. The molecule has 126 heavy (non-hydrogen) atoms. The van der Waals surface area contributed by atoms with Gasteiger partial charge in [-0.3, -0.25) is 0 Å². The topological polar surface area (TPSA) is 29.6 Å². The molecule has 0 N–H and O–H groups in total. The molecule has 0 radical (unpaired) electrons. The van der Waals surface area contributed by atoms with Crippen molar-refractivity contribution in [3.05, 3.63) is 473 Å². The number of rotatable bonds is 12. The molecular weight excluding hydrogens is 1530 g/mol. The summed E-state index contributed by atoms with van der Waals surface area (Å²) >= 11 is 0. The van der Waals surface area contributed by atoms with Crippen LogP contribution in [0.25, 0.3) is 232 Å². The van der Waals surface area contributed by atoms with Crippen molar-refractivity contribution in [2.24, 2.45) is 0 Å². The predicted octanol–water partition coefficient (Wildman–Crippen LogP) is 32.0. The number of para-hydroxylation sites is 7. The van der Waals surface area contributed by atoms with E-state index in [1.165, 1.54) is 198 Å². The zero-order chi connectivity index (χ0) is 82.9. The Bertz CT molecular complexity index is 8770. The molecule has 0 spiro atoms. The van der Waals surface area contributed by atoms with Crippen LogP contribution < -0.4 is 0 Å². The van der Waals surface area contributed by atoms with Crippen LogP contribution in [0.3, 0.4) is 0 Å². The summed E-state index contributed by atoms with van der Waals surface area (Å²) in [5.74, 6) is 0. The lowest BCUT2D eigenvalue weighted by atomic mass is 9.95. The number of hydrogen-bond acceptors (Lipinski definition) is 0. The van der Waals surface area contributed by atoms with Crippen LogP contribution >= 0.6 is 0 Å². The molecule has 0 aliphatic carbocycles. The van der Waals surface area contributed by atoms with E-state index in [-0.39, 0.29) is 0 Å². The Labute approximate surface area is 727 Å². The van der Waals surface area contributed by atoms with Gasteiger partial charge in [0.15, 0.2) is 0 Å². The van der Waals surface area contributed by atoms with E-state index in [0.717, 1.165) is 34.1 Å². The molecule has 0 aliphatic rings. The van der Waals surface area contributed by atoms with Crippen LogP contribution in [-0.2, 0) is 0 Å². The van der Waals surface area contributed by atoms with Gasteiger partial charge in [-0.25, -0.2) is 0 Å². The molecule has 0 unspecified atom stereocenters. The third kappa shape index (κ3) is 11.6. The molecule has 0 amide bonds. The van der Waals surface area contributed by atoms with Gasteiger partial charge in [-0.1, -0.05) is 315 Å². The zero-order valence-electron chi connectivity index (χ0n) is 68.7. The van der Waals surface area contributed by atoms with E-state index in [9.17, 15) is 0 Å². The van der Waals surface area contributed by atoms with Crippen LogP contribution in [0.15, 0.2) is 473 Å². The molecular formula is C120H78N6. The largest absolute Gasteiger partial charge is 0.309 e. The summed E-state index contributed by atoms with van der Waals surface area (Å²) in [4.78, 5) is 0. The highest BCUT2D eigenvalue weighted by Gasteiger charge is 2.26. The second kappa shape index (κ2) is 29.5. The van der Waals surface area contributed by atoms with Gasteiger partial charge in [-0.2, -0.15) is 0 Å². The lowest BCUT2D eigenvalue weighted by Crippen LogP contribution is -1.95. The standard InChI is InChI=1S/C66H43N3.C54H35N3/c1-4-16-44(17-5-1)46-30-32-48(33-31-46)49-36-40-61-57(42-49)58-43-52(39-41-62(58)67(61)50-20-8-3-9-21-50)69-60-27-13-11-23-56(60)66-54(25-15-29-64(66)69)53-24-14-28-63-65(53)55-22-10-12-26-59(55)68(63)51-37-34-47(35-38-51)45-18-6-2-7-19-45;1-4-16-36(17-5-1)37-30-32-49-45(34-37)46-35-40(31-33-50(46)55(49)38-18-6-2-7-19-38)57-48-27-13-11-23-44(48)54-42(25-15-29-52(54)57)41-24-14-28-51-53(41)43-22-10-12-26-47(43)56(51)39-20-8-3-9-21-39/h1-43H;1-35H. The fourth-order valence-corrected chi connectivity index (χ4v) is 20.6. The van der Waals surface area contributed by atoms with Gasteiger partial charge >= 0.3 is 0 Å². The Hall–Kier alpha value is -16.8. The Morgan fingerprint density at radius 1 is 0.103 bits per heavy atom. The third-order valence-electron chi connectivity index (χ3n) is 26.1. The van der Waals surface area contributed by atoms with Gasteiger partial charge in [-0.05, 0) is 224 Å². The number of hydrogen-bond donors (Lipinski definition) is 0. The first kappa shape index (κ1) is 72.1. The number of benzene rings is 20. The summed E-state index contributed by atoms with van der Waals surface area (Å²) in [6.45, 7) is 0. The minimum absolute atomic E-state index is 1.13. The van der Waals surface area contributed by atoms with Gasteiger partial charge in [0, 0.05) is 98.8 Å². The average Bonchev–Trinajstić information content (AvgIpc) is 1.56. The Morgan fingerprint density at radius 2 is 0.294 bits per heavy atom. The molecule has 0 saturated carbocycles. The van der Waals surface area contributed by atoms with E-state index in [1.807, 2.05) is 0 Å². The van der Waals surface area contributed by atoms with Crippen LogP contribution in [0, 0.1) is 0 Å². The van der Waals surface area contributed by atoms with Crippen molar-refractivity contribution in [1.29, 1.82) is 0 Å². The first-order valence-corrected chi connectivity index (χ1v) is 43.4. The number of aromatic nitrogens is 6. The quantitative estimate of drug-likeness (QED) is 0.117. The second-order valence-corrected chi connectivity index (χ2v) is 33.0. The lowest BCUT2D eigenvalue weighted by molar-refractivity contribution is 1.17. The second-order valence-electron chi connectivity index (χ2n) is 33.0. The Morgan fingerprint density at radius 3 is 0.611 bits per heavy atom. The van der Waals surface area contributed by atoms with Crippen molar-refractivity contribution in [3.63, 3.8) is 0 Å². The van der Waals surface area contributed by atoms with Gasteiger partial charge in [0.1, 0.15) is 0 Å². The molecule has 0 aliphatic heterocycles. The molecule has 26 aromatic rings. The summed E-state index contributed by atoms with van der Waals surface area (Å²) in [5.41, 5.74) is 35.7. The van der Waals surface area contributed by atoms with Crippen LogP contribution in [0.1, 0.15) is 0 Å². The molecule has 6 heteroatoms. The maximum absolute atomic E-state index is 2.48. The maximum Gasteiger partial charge on any atom is 0.0547 e. The molecule has 588 valence electrons. The lowest BCUT2D eigenvalue weighted by Gasteiger charge is -2.12. The Balaban J connectivity index is 0.000000140.